The molecule has 0 amide bonds. The molecule has 37 heavy (non-hydrogen) atoms. The van der Waals surface area contributed by atoms with Crippen LogP contribution in [0.1, 0.15) is 5.69 Å². The van der Waals surface area contributed by atoms with Gasteiger partial charge in [-0.1, -0.05) is 0 Å². The van der Waals surface area contributed by atoms with Crippen molar-refractivity contribution in [2.45, 2.75) is 11.5 Å². The van der Waals surface area contributed by atoms with Crippen LogP contribution in [0.4, 0.5) is 0 Å². The molecule has 1 unspecified atom stereocenters. The summed E-state index contributed by atoms with van der Waals surface area (Å²) >= 11 is 1.88. The Morgan fingerprint density at radius 3 is 2.65 bits per heavy atom. The summed E-state index contributed by atoms with van der Waals surface area (Å²) in [7, 11) is 3.18. The third-order valence-electron chi connectivity index (χ3n) is 5.62. The molecule has 9 nitrogen and oxygen atoms in total. The molecule has 0 N–H and O–H groups in total. The number of ether oxygens (including phenoxy) is 3. The second-order valence-corrected chi connectivity index (χ2v) is 11.1. The van der Waals surface area contributed by atoms with Crippen LogP contribution in [0, 0.1) is 0 Å². The number of hydrogen-bond acceptors (Lipinski definition) is 10. The topological polar surface area (TPSA) is 107 Å². The minimum absolute atomic E-state index is 0.278. The van der Waals surface area contributed by atoms with Gasteiger partial charge < -0.3 is 23.2 Å². The number of nitrogens with zero attached hydrogens (tertiary/aromatic N) is 4. The molecule has 6 aromatic rings. The molecule has 4 heterocycles. The van der Waals surface area contributed by atoms with E-state index in [2.05, 4.69) is 10.1 Å². The van der Waals surface area contributed by atoms with Gasteiger partial charge in [-0.05, 0) is 52.8 Å². The molecule has 1 atom stereocenters. The molecule has 0 fully saturated rings. The van der Waals surface area contributed by atoms with Gasteiger partial charge in [-0.25, -0.2) is 14.5 Å². The van der Waals surface area contributed by atoms with Crippen LogP contribution in [0.25, 0.3) is 38.0 Å². The zero-order valence-corrected chi connectivity index (χ0v) is 22.4. The second-order valence-electron chi connectivity index (χ2n) is 7.98. The van der Waals surface area contributed by atoms with E-state index in [1.54, 1.807) is 31.2 Å². The minimum atomic E-state index is -1.01. The lowest BCUT2D eigenvalue weighted by Gasteiger charge is -2.08. The van der Waals surface area contributed by atoms with Crippen molar-refractivity contribution < 1.29 is 23.2 Å². The zero-order valence-electron chi connectivity index (χ0n) is 20.0. The predicted molar refractivity (Wildman–Crippen MR) is 143 cm³/mol. The summed E-state index contributed by atoms with van der Waals surface area (Å²) in [4.78, 5) is 10.8. The van der Waals surface area contributed by atoms with Crippen molar-refractivity contribution in [2.75, 3.05) is 20.5 Å². The highest BCUT2D eigenvalue weighted by molar-refractivity contribution is 7.90. The number of imidazole rings is 1. The summed E-state index contributed by atoms with van der Waals surface area (Å²) in [6.45, 7) is 0.278. The number of hydrogen-bond donors (Lipinski definition) is 0. The van der Waals surface area contributed by atoms with E-state index in [0.717, 1.165) is 26.5 Å². The Bertz CT molecular complexity index is 1670. The summed E-state index contributed by atoms with van der Waals surface area (Å²) < 4.78 is 36.2. The van der Waals surface area contributed by atoms with Crippen molar-refractivity contribution in [1.29, 1.82) is 0 Å². The van der Waals surface area contributed by atoms with Crippen molar-refractivity contribution in [3.63, 3.8) is 0 Å². The molecule has 0 saturated carbocycles. The molecular weight excluding hydrogens is 532 g/mol. The fourth-order valence-electron chi connectivity index (χ4n) is 3.78. The maximum absolute atomic E-state index is 11.6. The van der Waals surface area contributed by atoms with Crippen LogP contribution >= 0.6 is 22.7 Å². The van der Waals surface area contributed by atoms with Gasteiger partial charge in [0, 0.05) is 23.1 Å². The van der Waals surface area contributed by atoms with Crippen LogP contribution in [-0.2, 0) is 17.8 Å². The second kappa shape index (κ2) is 9.71. The van der Waals surface area contributed by atoms with E-state index in [1.807, 2.05) is 47.8 Å². The molecule has 0 bridgehead atoms. The van der Waals surface area contributed by atoms with E-state index >= 15 is 0 Å². The Morgan fingerprint density at radius 1 is 1.08 bits per heavy atom. The summed E-state index contributed by atoms with van der Waals surface area (Å²) in [6, 6.07) is 13.1. The molecule has 12 heteroatoms. The number of fused-ring (bicyclic) bond motifs is 2. The molecule has 2 aromatic carbocycles. The monoisotopic (exact) mass is 552 g/mol. The van der Waals surface area contributed by atoms with Gasteiger partial charge in [0.2, 0.25) is 4.96 Å². The standard InChI is InChI=1S/C25H20N4O5S3/c1-31-16-8-20(33-12-15-13-35-23(26-15)14-4-6-17(7-5-14)37(3)30)18-10-22(34-21(18)9-16)19-11-29-24(27-19)36-25(28-29)32-2/h4-11,13H,12H2,1-3H3. The molecule has 0 aliphatic carbocycles. The third-order valence-corrected chi connectivity index (χ3v) is 8.38. The largest absolute Gasteiger partial charge is 0.612 e. The summed E-state index contributed by atoms with van der Waals surface area (Å²) in [5, 5.41) is 8.51. The van der Waals surface area contributed by atoms with Gasteiger partial charge in [0.05, 0.1) is 31.5 Å². The van der Waals surface area contributed by atoms with Crippen molar-refractivity contribution in [3.8, 4) is 38.7 Å². The maximum Gasteiger partial charge on any atom is 0.294 e. The number of rotatable bonds is 8. The van der Waals surface area contributed by atoms with Crippen molar-refractivity contribution in [3.05, 3.63) is 59.7 Å². The Kier molecular flexibility index (Phi) is 6.24. The number of thiazole rings is 1. The first-order chi connectivity index (χ1) is 18.0. The Balaban J connectivity index is 1.25. The molecule has 0 saturated heterocycles. The van der Waals surface area contributed by atoms with Crippen LogP contribution < -0.4 is 14.2 Å². The van der Waals surface area contributed by atoms with Crippen molar-refractivity contribution >= 4 is 49.8 Å². The Labute approximate surface area is 222 Å². The minimum Gasteiger partial charge on any atom is -0.612 e. The first-order valence-electron chi connectivity index (χ1n) is 11.0. The van der Waals surface area contributed by atoms with Crippen molar-refractivity contribution in [1.82, 2.24) is 19.6 Å². The van der Waals surface area contributed by atoms with Crippen LogP contribution in [-0.4, -0.2) is 44.6 Å². The van der Waals surface area contributed by atoms with Crippen LogP contribution in [0.2, 0.25) is 0 Å². The van der Waals surface area contributed by atoms with E-state index in [1.165, 1.54) is 22.7 Å². The smallest absolute Gasteiger partial charge is 0.294 e. The van der Waals surface area contributed by atoms with Gasteiger partial charge in [-0.15, -0.1) is 16.4 Å². The highest BCUT2D eigenvalue weighted by atomic mass is 32.2. The average Bonchev–Trinajstić information content (AvgIpc) is 3.69. The lowest BCUT2D eigenvalue weighted by molar-refractivity contribution is 0.303. The molecular formula is C25H20N4O5S3. The van der Waals surface area contributed by atoms with Crippen molar-refractivity contribution in [2.24, 2.45) is 0 Å². The third kappa shape index (κ3) is 4.64. The maximum atomic E-state index is 11.6. The fraction of sp³-hybridized carbons (Fsp3) is 0.160. The molecule has 4 aromatic heterocycles. The number of furan rings is 1. The molecule has 0 radical (unpaired) electrons. The summed E-state index contributed by atoms with van der Waals surface area (Å²) in [5.74, 6) is 1.83. The van der Waals surface area contributed by atoms with Crippen LogP contribution in [0.5, 0.6) is 16.7 Å². The van der Waals surface area contributed by atoms with Gasteiger partial charge >= 0.3 is 0 Å². The zero-order chi connectivity index (χ0) is 25.5. The SMILES string of the molecule is COc1cc(OCc2csc(-c3ccc([S+](C)[O-])cc3)n2)c2cc(-c3cn4nc(OC)sc4n3)oc2c1. The van der Waals surface area contributed by atoms with Gasteiger partial charge in [0.1, 0.15) is 40.6 Å². The van der Waals surface area contributed by atoms with E-state index in [4.69, 9.17) is 23.6 Å². The van der Waals surface area contributed by atoms with E-state index < -0.39 is 11.2 Å². The summed E-state index contributed by atoms with van der Waals surface area (Å²) in [6.07, 6.45) is 3.46. The lowest BCUT2D eigenvalue weighted by atomic mass is 10.2. The van der Waals surface area contributed by atoms with Gasteiger partial charge in [0.25, 0.3) is 5.19 Å². The van der Waals surface area contributed by atoms with E-state index in [-0.39, 0.29) is 6.61 Å². The molecule has 188 valence electrons. The lowest BCUT2D eigenvalue weighted by Crippen LogP contribution is -1.97. The van der Waals surface area contributed by atoms with E-state index in [0.29, 0.717) is 38.7 Å². The first kappa shape index (κ1) is 23.8. The first-order valence-corrected chi connectivity index (χ1v) is 14.3. The quantitative estimate of drug-likeness (QED) is 0.223. The molecule has 0 spiro atoms. The molecule has 0 aliphatic rings. The number of benzene rings is 2. The van der Waals surface area contributed by atoms with Gasteiger partial charge in [-0.2, -0.15) is 0 Å². The molecule has 0 aliphatic heterocycles. The van der Waals surface area contributed by atoms with Crippen LogP contribution in [0.3, 0.4) is 0 Å². The Morgan fingerprint density at radius 2 is 1.92 bits per heavy atom. The normalized spacial score (nSPS) is 12.3. The number of methoxy groups -OCH3 is 2. The van der Waals surface area contributed by atoms with E-state index in [9.17, 15) is 4.55 Å². The average molecular weight is 553 g/mol. The highest BCUT2D eigenvalue weighted by Gasteiger charge is 2.17. The summed E-state index contributed by atoms with van der Waals surface area (Å²) in [5.41, 5.74) is 3.06. The number of aromatic nitrogens is 4. The highest BCUT2D eigenvalue weighted by Crippen LogP contribution is 2.38. The Hall–Kier alpha value is -3.58. The fourth-order valence-corrected chi connectivity index (χ4v) is 5.81. The van der Waals surface area contributed by atoms with Crippen LogP contribution in [0.15, 0.2) is 63.4 Å². The van der Waals surface area contributed by atoms with Gasteiger partial charge in [0.15, 0.2) is 10.7 Å². The predicted octanol–water partition coefficient (Wildman–Crippen LogP) is 5.66. The molecule has 6 rings (SSSR count). The van der Waals surface area contributed by atoms with Gasteiger partial charge in [-0.3, -0.25) is 0 Å².